The van der Waals surface area contributed by atoms with E-state index >= 15 is 0 Å². The minimum Gasteiger partial charge on any atom is -0.496 e. The van der Waals surface area contributed by atoms with Crippen molar-refractivity contribution in [1.82, 2.24) is 15.3 Å². The molecule has 3 rings (SSSR count). The molecule has 0 radical (unpaired) electrons. The fourth-order valence-electron chi connectivity index (χ4n) is 2.77. The van der Waals surface area contributed by atoms with Gasteiger partial charge in [0.15, 0.2) is 0 Å². The summed E-state index contributed by atoms with van der Waals surface area (Å²) in [5.41, 5.74) is 2.21. The van der Waals surface area contributed by atoms with E-state index in [0.717, 1.165) is 17.0 Å². The minimum atomic E-state index is -0.256. The normalized spacial score (nSPS) is 10.3. The van der Waals surface area contributed by atoms with Crippen LogP contribution in [0, 0.1) is 0 Å². The highest BCUT2D eigenvalue weighted by Gasteiger charge is 2.14. The number of amides is 1. The second-order valence-electron chi connectivity index (χ2n) is 5.82. The molecule has 0 saturated heterocycles. The average molecular weight is 362 g/mol. The molecular formula is C21H22N4O2. The molecule has 0 bridgehead atoms. The van der Waals surface area contributed by atoms with Gasteiger partial charge in [-0.15, -0.1) is 0 Å². The molecule has 27 heavy (non-hydrogen) atoms. The first-order valence-electron chi connectivity index (χ1n) is 8.78. The van der Waals surface area contributed by atoms with Gasteiger partial charge in [0.05, 0.1) is 7.11 Å². The van der Waals surface area contributed by atoms with E-state index in [0.29, 0.717) is 24.7 Å². The first-order chi connectivity index (χ1) is 13.2. The maximum Gasteiger partial charge on any atom is 0.270 e. The molecule has 138 valence electrons. The third-order valence-corrected chi connectivity index (χ3v) is 4.13. The number of hydrogen-bond donors (Lipinski definition) is 1. The standard InChI is InChI=1S/C21H22N4O2/c1-3-25(17-10-5-4-6-11-17)21-22-14-13-18(24-21)20(26)23-15-16-9-7-8-12-19(16)27-2/h4-14H,3,15H2,1-2H3,(H,23,26). The van der Waals surface area contributed by atoms with Crippen LogP contribution in [0.2, 0.25) is 0 Å². The molecule has 0 fully saturated rings. The number of rotatable bonds is 7. The number of methoxy groups -OCH3 is 1. The zero-order chi connectivity index (χ0) is 19.1. The van der Waals surface area contributed by atoms with E-state index in [2.05, 4.69) is 15.3 Å². The van der Waals surface area contributed by atoms with E-state index in [1.807, 2.05) is 66.4 Å². The summed E-state index contributed by atoms with van der Waals surface area (Å²) in [7, 11) is 1.61. The molecule has 3 aromatic rings. The summed E-state index contributed by atoms with van der Waals surface area (Å²) < 4.78 is 5.31. The lowest BCUT2D eigenvalue weighted by molar-refractivity contribution is 0.0945. The topological polar surface area (TPSA) is 67.4 Å². The highest BCUT2D eigenvalue weighted by Crippen LogP contribution is 2.21. The first kappa shape index (κ1) is 18.4. The lowest BCUT2D eigenvalue weighted by atomic mass is 10.2. The van der Waals surface area contributed by atoms with Gasteiger partial charge in [0.1, 0.15) is 11.4 Å². The van der Waals surface area contributed by atoms with Gasteiger partial charge in [-0.1, -0.05) is 36.4 Å². The Labute approximate surface area is 158 Å². The molecule has 0 saturated carbocycles. The van der Waals surface area contributed by atoms with Gasteiger partial charge in [0.25, 0.3) is 5.91 Å². The quantitative estimate of drug-likeness (QED) is 0.696. The summed E-state index contributed by atoms with van der Waals surface area (Å²) >= 11 is 0. The molecule has 2 aromatic carbocycles. The number of anilines is 2. The number of benzene rings is 2. The number of nitrogens with zero attached hydrogens (tertiary/aromatic N) is 3. The van der Waals surface area contributed by atoms with Crippen molar-refractivity contribution in [3.05, 3.63) is 78.1 Å². The second kappa shape index (κ2) is 8.80. The molecular weight excluding hydrogens is 340 g/mol. The van der Waals surface area contributed by atoms with Crippen LogP contribution in [0.3, 0.4) is 0 Å². The molecule has 0 aliphatic rings. The third-order valence-electron chi connectivity index (χ3n) is 4.13. The van der Waals surface area contributed by atoms with Gasteiger partial charge in [0, 0.05) is 30.5 Å². The lowest BCUT2D eigenvalue weighted by Crippen LogP contribution is -2.26. The summed E-state index contributed by atoms with van der Waals surface area (Å²) in [6.45, 7) is 3.07. The zero-order valence-electron chi connectivity index (χ0n) is 15.4. The van der Waals surface area contributed by atoms with Gasteiger partial charge in [-0.3, -0.25) is 4.79 Å². The summed E-state index contributed by atoms with van der Waals surface area (Å²) in [5.74, 6) is 0.977. The Kier molecular flexibility index (Phi) is 5.99. The van der Waals surface area contributed by atoms with E-state index in [-0.39, 0.29) is 5.91 Å². The Morgan fingerprint density at radius 1 is 1.07 bits per heavy atom. The smallest absolute Gasteiger partial charge is 0.270 e. The van der Waals surface area contributed by atoms with Crippen molar-refractivity contribution in [2.45, 2.75) is 13.5 Å². The van der Waals surface area contributed by atoms with Gasteiger partial charge in [-0.2, -0.15) is 0 Å². The number of carbonyl (C=O) groups excluding carboxylic acids is 1. The SMILES string of the molecule is CCN(c1ccccc1)c1nccc(C(=O)NCc2ccccc2OC)n1. The Morgan fingerprint density at radius 3 is 2.56 bits per heavy atom. The molecule has 0 aliphatic carbocycles. The van der Waals surface area contributed by atoms with Crippen LogP contribution >= 0.6 is 0 Å². The van der Waals surface area contributed by atoms with Crippen LogP contribution in [-0.2, 0) is 6.54 Å². The molecule has 6 heteroatoms. The van der Waals surface area contributed by atoms with Crippen molar-refractivity contribution < 1.29 is 9.53 Å². The van der Waals surface area contributed by atoms with E-state index in [1.54, 1.807) is 19.4 Å². The van der Waals surface area contributed by atoms with Crippen LogP contribution in [0.1, 0.15) is 23.0 Å². The summed E-state index contributed by atoms with van der Waals surface area (Å²) in [6, 6.07) is 19.0. The maximum absolute atomic E-state index is 12.6. The van der Waals surface area contributed by atoms with Gasteiger partial charge in [0.2, 0.25) is 5.95 Å². The van der Waals surface area contributed by atoms with E-state index in [9.17, 15) is 4.79 Å². The molecule has 1 amide bonds. The molecule has 0 atom stereocenters. The zero-order valence-corrected chi connectivity index (χ0v) is 15.4. The lowest BCUT2D eigenvalue weighted by Gasteiger charge is -2.21. The Bertz CT molecular complexity index is 899. The predicted octanol–water partition coefficient (Wildman–Crippen LogP) is 3.57. The van der Waals surface area contributed by atoms with Crippen molar-refractivity contribution in [3.8, 4) is 5.75 Å². The van der Waals surface area contributed by atoms with Crippen molar-refractivity contribution in [2.75, 3.05) is 18.6 Å². The predicted molar refractivity (Wildman–Crippen MR) is 105 cm³/mol. The molecule has 0 spiro atoms. The van der Waals surface area contributed by atoms with Crippen molar-refractivity contribution in [3.63, 3.8) is 0 Å². The summed E-state index contributed by atoms with van der Waals surface area (Å²) in [5, 5.41) is 2.89. The van der Waals surface area contributed by atoms with Crippen LogP contribution in [0.25, 0.3) is 0 Å². The van der Waals surface area contributed by atoms with Gasteiger partial charge < -0.3 is 15.0 Å². The van der Waals surface area contributed by atoms with Crippen LogP contribution in [0.4, 0.5) is 11.6 Å². The maximum atomic E-state index is 12.6. The molecule has 6 nitrogen and oxygen atoms in total. The molecule has 1 heterocycles. The summed E-state index contributed by atoms with van der Waals surface area (Å²) in [4.78, 5) is 23.3. The van der Waals surface area contributed by atoms with Crippen LogP contribution in [0.15, 0.2) is 66.9 Å². The second-order valence-corrected chi connectivity index (χ2v) is 5.82. The number of hydrogen-bond acceptors (Lipinski definition) is 5. The largest absolute Gasteiger partial charge is 0.496 e. The fraction of sp³-hybridized carbons (Fsp3) is 0.190. The molecule has 1 N–H and O–H groups in total. The third kappa shape index (κ3) is 4.41. The van der Waals surface area contributed by atoms with Crippen molar-refractivity contribution in [1.29, 1.82) is 0 Å². The molecule has 0 unspecified atom stereocenters. The first-order valence-corrected chi connectivity index (χ1v) is 8.78. The average Bonchev–Trinajstić information content (AvgIpc) is 2.74. The van der Waals surface area contributed by atoms with Gasteiger partial charge >= 0.3 is 0 Å². The van der Waals surface area contributed by atoms with Gasteiger partial charge in [-0.05, 0) is 31.2 Å². The van der Waals surface area contributed by atoms with Crippen molar-refractivity contribution in [2.24, 2.45) is 0 Å². The van der Waals surface area contributed by atoms with E-state index in [1.165, 1.54) is 0 Å². The Morgan fingerprint density at radius 2 is 1.81 bits per heavy atom. The number of ether oxygens (including phenoxy) is 1. The van der Waals surface area contributed by atoms with Crippen LogP contribution in [-0.4, -0.2) is 29.5 Å². The highest BCUT2D eigenvalue weighted by atomic mass is 16.5. The van der Waals surface area contributed by atoms with Crippen LogP contribution < -0.4 is 15.0 Å². The monoisotopic (exact) mass is 362 g/mol. The van der Waals surface area contributed by atoms with Crippen LogP contribution in [0.5, 0.6) is 5.75 Å². The van der Waals surface area contributed by atoms with E-state index in [4.69, 9.17) is 4.74 Å². The van der Waals surface area contributed by atoms with Crippen molar-refractivity contribution >= 4 is 17.5 Å². The fourth-order valence-corrected chi connectivity index (χ4v) is 2.77. The van der Waals surface area contributed by atoms with Gasteiger partial charge in [-0.25, -0.2) is 9.97 Å². The number of para-hydroxylation sites is 2. The minimum absolute atomic E-state index is 0.256. The van der Waals surface area contributed by atoms with E-state index < -0.39 is 0 Å². The Balaban J connectivity index is 1.75. The number of aromatic nitrogens is 2. The molecule has 1 aromatic heterocycles. The Hall–Kier alpha value is -3.41. The highest BCUT2D eigenvalue weighted by molar-refractivity contribution is 5.92. The molecule has 0 aliphatic heterocycles. The summed E-state index contributed by atoms with van der Waals surface area (Å²) in [6.07, 6.45) is 1.60. The number of nitrogens with one attached hydrogen (secondary N) is 1. The number of carbonyl (C=O) groups is 1.